The summed E-state index contributed by atoms with van der Waals surface area (Å²) in [7, 11) is -4.35. The molecule has 1 aliphatic heterocycles. The lowest BCUT2D eigenvalue weighted by Crippen LogP contribution is -2.52. The third kappa shape index (κ3) is 7.20. The Morgan fingerprint density at radius 3 is 2.24 bits per heavy atom. The van der Waals surface area contributed by atoms with E-state index in [2.05, 4.69) is 5.32 Å². The van der Waals surface area contributed by atoms with Crippen molar-refractivity contribution >= 4 is 27.5 Å². The van der Waals surface area contributed by atoms with E-state index < -0.39 is 34.3 Å². The van der Waals surface area contributed by atoms with E-state index in [9.17, 15) is 22.4 Å². The maximum atomic E-state index is 14.0. The minimum atomic E-state index is -4.35. The number of ether oxygens (including phenoxy) is 2. The van der Waals surface area contributed by atoms with Gasteiger partial charge in [-0.2, -0.15) is 0 Å². The molecule has 9 nitrogen and oxygen atoms in total. The molecule has 4 rings (SSSR count). The molecule has 42 heavy (non-hydrogen) atoms. The summed E-state index contributed by atoms with van der Waals surface area (Å²) in [4.78, 5) is 28.4. The van der Waals surface area contributed by atoms with Crippen molar-refractivity contribution in [3.8, 4) is 11.5 Å². The average molecular weight is 598 g/mol. The van der Waals surface area contributed by atoms with Gasteiger partial charge in [0.2, 0.25) is 11.8 Å². The third-order valence-electron chi connectivity index (χ3n) is 7.14. The van der Waals surface area contributed by atoms with Gasteiger partial charge in [-0.15, -0.1) is 0 Å². The molecular weight excluding hydrogens is 561 g/mol. The van der Waals surface area contributed by atoms with Crippen LogP contribution in [0.15, 0.2) is 71.6 Å². The monoisotopic (exact) mass is 597 g/mol. The van der Waals surface area contributed by atoms with E-state index >= 15 is 0 Å². The summed E-state index contributed by atoms with van der Waals surface area (Å²) in [5, 5.41) is 2.90. The molecule has 0 radical (unpaired) electrons. The number of hydrogen-bond donors (Lipinski definition) is 1. The molecule has 1 N–H and O–H groups in total. The Hall–Kier alpha value is -4.12. The minimum Gasteiger partial charge on any atom is -0.486 e. The van der Waals surface area contributed by atoms with Gasteiger partial charge in [0, 0.05) is 18.7 Å². The highest BCUT2D eigenvalue weighted by atomic mass is 32.2. The van der Waals surface area contributed by atoms with Gasteiger partial charge in [0.15, 0.2) is 11.5 Å². The number of benzene rings is 3. The second-order valence-corrected chi connectivity index (χ2v) is 12.2. The highest BCUT2D eigenvalue weighted by Crippen LogP contribution is 2.34. The Kier molecular flexibility index (Phi) is 9.72. The summed E-state index contributed by atoms with van der Waals surface area (Å²) < 4.78 is 53.9. The fourth-order valence-electron chi connectivity index (χ4n) is 4.39. The number of sulfonamides is 1. The molecule has 2 atom stereocenters. The number of aryl methyl sites for hydroxylation is 1. The molecule has 3 aromatic carbocycles. The van der Waals surface area contributed by atoms with E-state index in [1.54, 1.807) is 6.92 Å². The largest absolute Gasteiger partial charge is 0.486 e. The van der Waals surface area contributed by atoms with Crippen LogP contribution in [-0.4, -0.2) is 57.0 Å². The van der Waals surface area contributed by atoms with E-state index in [0.29, 0.717) is 18.8 Å². The van der Waals surface area contributed by atoms with Crippen LogP contribution in [0.2, 0.25) is 0 Å². The molecule has 0 aliphatic carbocycles. The molecule has 1 aliphatic rings. The van der Waals surface area contributed by atoms with Crippen molar-refractivity contribution in [1.29, 1.82) is 0 Å². The number of halogens is 1. The molecule has 0 unspecified atom stereocenters. The number of nitrogens with one attached hydrogen (secondary N) is 1. The highest BCUT2D eigenvalue weighted by Gasteiger charge is 2.33. The van der Waals surface area contributed by atoms with Crippen molar-refractivity contribution in [1.82, 2.24) is 10.2 Å². The summed E-state index contributed by atoms with van der Waals surface area (Å²) in [6, 6.07) is 15.6. The van der Waals surface area contributed by atoms with Crippen LogP contribution in [0.1, 0.15) is 38.3 Å². The van der Waals surface area contributed by atoms with Crippen LogP contribution in [0.4, 0.5) is 10.1 Å². The molecule has 1 heterocycles. The number of fused-ring (bicyclic) bond motifs is 1. The van der Waals surface area contributed by atoms with E-state index in [1.165, 1.54) is 35.2 Å². The van der Waals surface area contributed by atoms with E-state index in [0.717, 1.165) is 27.6 Å². The molecule has 3 aromatic rings. The van der Waals surface area contributed by atoms with Crippen LogP contribution in [0.25, 0.3) is 0 Å². The molecule has 0 fully saturated rings. The van der Waals surface area contributed by atoms with Crippen LogP contribution < -0.4 is 19.1 Å². The smallest absolute Gasteiger partial charge is 0.264 e. The average Bonchev–Trinajstić information content (AvgIpc) is 2.99. The molecule has 0 aromatic heterocycles. The predicted octanol–water partition coefficient (Wildman–Crippen LogP) is 4.43. The van der Waals surface area contributed by atoms with Gasteiger partial charge in [0.05, 0.1) is 10.6 Å². The van der Waals surface area contributed by atoms with Crippen molar-refractivity contribution in [3.05, 3.63) is 83.7 Å². The second-order valence-electron chi connectivity index (χ2n) is 10.3. The van der Waals surface area contributed by atoms with Crippen molar-refractivity contribution in [2.45, 2.75) is 57.6 Å². The molecule has 2 amide bonds. The van der Waals surface area contributed by atoms with Crippen molar-refractivity contribution in [2.75, 3.05) is 24.1 Å². The minimum absolute atomic E-state index is 0.0789. The third-order valence-corrected chi connectivity index (χ3v) is 8.91. The molecular formula is C31H36FN3O6S. The first-order valence-electron chi connectivity index (χ1n) is 13.8. The van der Waals surface area contributed by atoms with Crippen LogP contribution in [0.5, 0.6) is 11.5 Å². The van der Waals surface area contributed by atoms with Crippen molar-refractivity contribution in [2.24, 2.45) is 0 Å². The lowest BCUT2D eigenvalue weighted by Gasteiger charge is -2.32. The van der Waals surface area contributed by atoms with Gasteiger partial charge in [-0.1, -0.05) is 36.8 Å². The van der Waals surface area contributed by atoms with Crippen molar-refractivity contribution in [3.63, 3.8) is 0 Å². The summed E-state index contributed by atoms with van der Waals surface area (Å²) >= 11 is 0. The van der Waals surface area contributed by atoms with Gasteiger partial charge >= 0.3 is 0 Å². The van der Waals surface area contributed by atoms with Gasteiger partial charge in [0.1, 0.15) is 31.6 Å². The Balaban J connectivity index is 1.71. The van der Waals surface area contributed by atoms with Crippen LogP contribution in [0, 0.1) is 12.7 Å². The standard InChI is InChI=1S/C31H36FN3O6S/c1-5-22(3)33-31(37)23(4)34(19-24-8-6-21(2)7-9-24)30(36)20-35(26-12-10-25(32)11-13-26)42(38,39)27-14-15-28-29(18-27)41-17-16-40-28/h6-15,18,22-23H,5,16-17,19-20H2,1-4H3,(H,33,37)/t22-,23-/m0/s1. The number of rotatable bonds is 11. The van der Waals surface area contributed by atoms with Gasteiger partial charge in [-0.25, -0.2) is 12.8 Å². The zero-order valence-electron chi connectivity index (χ0n) is 24.2. The van der Waals surface area contributed by atoms with Gasteiger partial charge in [-0.05, 0) is 69.2 Å². The molecule has 224 valence electrons. The van der Waals surface area contributed by atoms with Crippen LogP contribution >= 0.6 is 0 Å². The molecule has 0 spiro atoms. The number of nitrogens with zero attached hydrogens (tertiary/aromatic N) is 2. The van der Waals surface area contributed by atoms with Crippen molar-refractivity contribution < 1.29 is 31.9 Å². The zero-order valence-corrected chi connectivity index (χ0v) is 25.0. The maximum Gasteiger partial charge on any atom is 0.264 e. The van der Waals surface area contributed by atoms with Gasteiger partial charge in [0.25, 0.3) is 10.0 Å². The molecule has 0 saturated carbocycles. The second kappa shape index (κ2) is 13.2. The summed E-state index contributed by atoms with van der Waals surface area (Å²) in [5.74, 6) is -0.835. The van der Waals surface area contributed by atoms with Gasteiger partial charge in [-0.3, -0.25) is 13.9 Å². The first-order chi connectivity index (χ1) is 20.0. The van der Waals surface area contributed by atoms with E-state index in [-0.39, 0.29) is 41.4 Å². The first kappa shape index (κ1) is 30.8. The number of hydrogen-bond acceptors (Lipinski definition) is 6. The lowest BCUT2D eigenvalue weighted by molar-refractivity contribution is -0.139. The number of carbonyl (C=O) groups excluding carboxylic acids is 2. The Morgan fingerprint density at radius 1 is 0.952 bits per heavy atom. The number of anilines is 1. The van der Waals surface area contributed by atoms with Crippen LogP contribution in [-0.2, 0) is 26.2 Å². The molecule has 11 heteroatoms. The molecule has 0 saturated heterocycles. The van der Waals surface area contributed by atoms with Crippen LogP contribution in [0.3, 0.4) is 0 Å². The summed E-state index contributed by atoms with van der Waals surface area (Å²) in [5.41, 5.74) is 1.90. The van der Waals surface area contributed by atoms with E-state index in [1.807, 2.05) is 45.0 Å². The number of carbonyl (C=O) groups is 2. The Bertz CT molecular complexity index is 1510. The predicted molar refractivity (Wildman–Crippen MR) is 157 cm³/mol. The normalized spacial score (nSPS) is 14.0. The van der Waals surface area contributed by atoms with Gasteiger partial charge < -0.3 is 19.7 Å². The lowest BCUT2D eigenvalue weighted by atomic mass is 10.1. The quantitative estimate of drug-likeness (QED) is 0.351. The summed E-state index contributed by atoms with van der Waals surface area (Å²) in [6.07, 6.45) is 0.705. The number of amides is 2. The SMILES string of the molecule is CC[C@H](C)NC(=O)[C@H](C)N(Cc1ccc(C)cc1)C(=O)CN(c1ccc(F)cc1)S(=O)(=O)c1ccc2c(c1)OCCO2. The maximum absolute atomic E-state index is 14.0. The first-order valence-corrected chi connectivity index (χ1v) is 15.3. The zero-order chi connectivity index (χ0) is 30.4. The fraction of sp³-hybridized carbons (Fsp3) is 0.355. The fourth-order valence-corrected chi connectivity index (χ4v) is 5.82. The Morgan fingerprint density at radius 2 is 1.60 bits per heavy atom. The molecule has 0 bridgehead atoms. The topological polar surface area (TPSA) is 105 Å². The summed E-state index contributed by atoms with van der Waals surface area (Å²) in [6.45, 7) is 7.42. The Labute approximate surface area is 246 Å². The van der Waals surface area contributed by atoms with E-state index in [4.69, 9.17) is 9.47 Å². The highest BCUT2D eigenvalue weighted by molar-refractivity contribution is 7.92.